The number of rotatable bonds is 5. The number of hydrogen-bond acceptors (Lipinski definition) is 3. The Labute approximate surface area is 120 Å². The molecule has 1 atom stereocenters. The second-order valence-corrected chi connectivity index (χ2v) is 4.56. The monoisotopic (exact) mass is 296 g/mol. The molecule has 0 saturated heterocycles. The average molecular weight is 296 g/mol. The first-order valence-corrected chi connectivity index (χ1v) is 6.28. The minimum Gasteiger partial charge on any atom is -0.494 e. The zero-order chi connectivity index (χ0) is 15.4. The minimum absolute atomic E-state index is 0.0914. The van der Waals surface area contributed by atoms with Gasteiger partial charge >= 0.3 is 0 Å². The molecule has 0 fully saturated rings. The van der Waals surface area contributed by atoms with E-state index in [4.69, 9.17) is 10.6 Å². The van der Waals surface area contributed by atoms with Crippen molar-refractivity contribution in [2.45, 2.75) is 12.5 Å². The predicted molar refractivity (Wildman–Crippen MR) is 73.1 cm³/mol. The minimum atomic E-state index is -0.673. The lowest BCUT2D eigenvalue weighted by molar-refractivity contribution is 0.386. The van der Waals surface area contributed by atoms with Crippen LogP contribution in [0.4, 0.5) is 13.2 Å². The van der Waals surface area contributed by atoms with E-state index in [1.807, 2.05) is 0 Å². The molecule has 0 saturated carbocycles. The van der Waals surface area contributed by atoms with Crippen molar-refractivity contribution in [1.82, 2.24) is 5.43 Å². The fraction of sp³-hybridized carbons (Fsp3) is 0.200. The van der Waals surface area contributed by atoms with Crippen molar-refractivity contribution in [2.75, 3.05) is 7.11 Å². The van der Waals surface area contributed by atoms with Crippen molar-refractivity contribution in [3.8, 4) is 5.75 Å². The zero-order valence-corrected chi connectivity index (χ0v) is 11.4. The first kappa shape index (κ1) is 15.3. The van der Waals surface area contributed by atoms with E-state index in [9.17, 15) is 13.2 Å². The molecule has 0 heterocycles. The van der Waals surface area contributed by atoms with Crippen LogP contribution in [0.2, 0.25) is 0 Å². The predicted octanol–water partition coefficient (Wildman–Crippen LogP) is 2.86. The van der Waals surface area contributed by atoms with Gasteiger partial charge < -0.3 is 4.74 Å². The van der Waals surface area contributed by atoms with Crippen LogP contribution in [0.25, 0.3) is 0 Å². The summed E-state index contributed by atoms with van der Waals surface area (Å²) in [6, 6.07) is 6.85. The second-order valence-electron chi connectivity index (χ2n) is 4.56. The van der Waals surface area contributed by atoms with Crippen LogP contribution in [0.15, 0.2) is 36.4 Å². The Balaban J connectivity index is 2.26. The first-order chi connectivity index (χ1) is 10.0. The number of nitrogens with two attached hydrogens (primary N) is 1. The van der Waals surface area contributed by atoms with Gasteiger partial charge in [0, 0.05) is 5.56 Å². The van der Waals surface area contributed by atoms with Crippen LogP contribution in [-0.4, -0.2) is 7.11 Å². The Bertz CT molecular complexity index is 634. The Morgan fingerprint density at radius 2 is 1.86 bits per heavy atom. The molecule has 1 unspecified atom stereocenters. The molecule has 112 valence electrons. The molecule has 2 aromatic carbocycles. The Morgan fingerprint density at radius 3 is 2.48 bits per heavy atom. The van der Waals surface area contributed by atoms with Crippen LogP contribution in [0, 0.1) is 17.5 Å². The van der Waals surface area contributed by atoms with E-state index in [0.29, 0.717) is 5.56 Å². The van der Waals surface area contributed by atoms with Crippen LogP contribution in [0.1, 0.15) is 17.2 Å². The maximum absolute atomic E-state index is 13.8. The molecule has 6 heteroatoms. The molecule has 0 bridgehead atoms. The lowest BCUT2D eigenvalue weighted by atomic mass is 9.98. The van der Waals surface area contributed by atoms with Crippen LogP contribution in [-0.2, 0) is 6.42 Å². The normalized spacial score (nSPS) is 12.2. The van der Waals surface area contributed by atoms with E-state index in [-0.39, 0.29) is 17.7 Å². The van der Waals surface area contributed by atoms with Gasteiger partial charge in [-0.1, -0.05) is 6.07 Å². The van der Waals surface area contributed by atoms with Crippen molar-refractivity contribution in [3.05, 3.63) is 65.0 Å². The molecule has 2 rings (SSSR count). The first-order valence-electron chi connectivity index (χ1n) is 6.28. The van der Waals surface area contributed by atoms with Crippen LogP contribution in [0.3, 0.4) is 0 Å². The molecule has 0 aliphatic carbocycles. The SMILES string of the molecule is COc1ccc(CC(NN)c2cc(F)ccc2F)cc1F. The van der Waals surface area contributed by atoms with Gasteiger partial charge in [-0.05, 0) is 42.3 Å². The highest BCUT2D eigenvalue weighted by molar-refractivity contribution is 5.31. The summed E-state index contributed by atoms with van der Waals surface area (Å²) in [5.74, 6) is 3.87. The van der Waals surface area contributed by atoms with Crippen LogP contribution in [0.5, 0.6) is 5.75 Å². The quantitative estimate of drug-likeness (QED) is 0.659. The topological polar surface area (TPSA) is 47.3 Å². The lowest BCUT2D eigenvalue weighted by Gasteiger charge is -2.17. The summed E-state index contributed by atoms with van der Waals surface area (Å²) >= 11 is 0. The van der Waals surface area contributed by atoms with E-state index in [0.717, 1.165) is 18.2 Å². The van der Waals surface area contributed by atoms with Gasteiger partial charge in [0.15, 0.2) is 11.6 Å². The highest BCUT2D eigenvalue weighted by atomic mass is 19.1. The average Bonchev–Trinajstić information content (AvgIpc) is 2.47. The van der Waals surface area contributed by atoms with Gasteiger partial charge in [0.05, 0.1) is 13.2 Å². The summed E-state index contributed by atoms with van der Waals surface area (Å²) in [6.07, 6.45) is 0.206. The number of hydrogen-bond donors (Lipinski definition) is 2. The van der Waals surface area contributed by atoms with Crippen molar-refractivity contribution in [2.24, 2.45) is 5.84 Å². The standard InChI is InChI=1S/C15H15F3N2O/c1-21-15-5-2-9(6-13(15)18)7-14(20-19)11-8-10(16)3-4-12(11)17/h2-6,8,14,20H,7,19H2,1H3. The number of benzene rings is 2. The van der Waals surface area contributed by atoms with Gasteiger partial charge in [0.2, 0.25) is 0 Å². The summed E-state index contributed by atoms with van der Waals surface area (Å²) in [6.45, 7) is 0. The van der Waals surface area contributed by atoms with E-state index in [1.54, 1.807) is 6.07 Å². The fourth-order valence-corrected chi connectivity index (χ4v) is 2.11. The highest BCUT2D eigenvalue weighted by Crippen LogP contribution is 2.24. The highest BCUT2D eigenvalue weighted by Gasteiger charge is 2.17. The van der Waals surface area contributed by atoms with Gasteiger partial charge in [-0.15, -0.1) is 0 Å². The van der Waals surface area contributed by atoms with Gasteiger partial charge in [0.25, 0.3) is 0 Å². The molecule has 0 radical (unpaired) electrons. The smallest absolute Gasteiger partial charge is 0.165 e. The summed E-state index contributed by atoms with van der Waals surface area (Å²) in [7, 11) is 1.37. The van der Waals surface area contributed by atoms with Crippen molar-refractivity contribution in [3.63, 3.8) is 0 Å². The van der Waals surface area contributed by atoms with Crippen molar-refractivity contribution < 1.29 is 17.9 Å². The van der Waals surface area contributed by atoms with Gasteiger partial charge in [0.1, 0.15) is 11.6 Å². The number of ether oxygens (including phenoxy) is 1. The second kappa shape index (κ2) is 6.60. The molecule has 0 amide bonds. The molecule has 21 heavy (non-hydrogen) atoms. The maximum Gasteiger partial charge on any atom is 0.165 e. The van der Waals surface area contributed by atoms with Gasteiger partial charge in [-0.2, -0.15) is 0 Å². The van der Waals surface area contributed by atoms with E-state index in [1.165, 1.54) is 19.2 Å². The van der Waals surface area contributed by atoms with Crippen LogP contribution >= 0.6 is 0 Å². The molecule has 2 aromatic rings. The Morgan fingerprint density at radius 1 is 1.10 bits per heavy atom. The molecule has 0 aliphatic heterocycles. The molecule has 0 aromatic heterocycles. The summed E-state index contributed by atoms with van der Waals surface area (Å²) in [5.41, 5.74) is 3.10. The zero-order valence-electron chi connectivity index (χ0n) is 11.4. The fourth-order valence-electron chi connectivity index (χ4n) is 2.11. The number of methoxy groups -OCH3 is 1. The van der Waals surface area contributed by atoms with Crippen molar-refractivity contribution >= 4 is 0 Å². The van der Waals surface area contributed by atoms with E-state index < -0.39 is 23.5 Å². The largest absolute Gasteiger partial charge is 0.494 e. The number of hydrazine groups is 1. The molecular weight excluding hydrogens is 281 g/mol. The lowest BCUT2D eigenvalue weighted by Crippen LogP contribution is -2.30. The summed E-state index contributed by atoms with van der Waals surface area (Å²) < 4.78 is 45.5. The third-order valence-corrected chi connectivity index (χ3v) is 3.19. The molecule has 0 aliphatic rings. The van der Waals surface area contributed by atoms with E-state index in [2.05, 4.69) is 5.43 Å². The molecule has 3 N–H and O–H groups in total. The Hall–Kier alpha value is -2.05. The number of nitrogens with one attached hydrogen (secondary N) is 1. The Kier molecular flexibility index (Phi) is 4.82. The van der Waals surface area contributed by atoms with Gasteiger partial charge in [-0.25, -0.2) is 13.2 Å². The molecule has 0 spiro atoms. The van der Waals surface area contributed by atoms with Crippen LogP contribution < -0.4 is 16.0 Å². The third kappa shape index (κ3) is 3.53. The van der Waals surface area contributed by atoms with Crippen molar-refractivity contribution in [1.29, 1.82) is 0 Å². The van der Waals surface area contributed by atoms with Gasteiger partial charge in [-0.3, -0.25) is 11.3 Å². The van der Waals surface area contributed by atoms with E-state index >= 15 is 0 Å². The summed E-state index contributed by atoms with van der Waals surface area (Å²) in [5, 5.41) is 0. The molecule has 3 nitrogen and oxygen atoms in total. The third-order valence-electron chi connectivity index (χ3n) is 3.19. The number of halogens is 3. The summed E-state index contributed by atoms with van der Waals surface area (Å²) in [4.78, 5) is 0. The maximum atomic E-state index is 13.8. The molecular formula is C15H15F3N2O.